The van der Waals surface area contributed by atoms with E-state index in [9.17, 15) is 9.90 Å². The van der Waals surface area contributed by atoms with Crippen LogP contribution in [0.2, 0.25) is 0 Å². The molecule has 8 nitrogen and oxygen atoms in total. The van der Waals surface area contributed by atoms with Crippen LogP contribution in [0.4, 0.5) is 0 Å². The van der Waals surface area contributed by atoms with Crippen LogP contribution in [0.3, 0.4) is 0 Å². The molecule has 2 bridgehead atoms. The molecule has 47 heavy (non-hydrogen) atoms. The van der Waals surface area contributed by atoms with Gasteiger partial charge in [-0.2, -0.15) is 0 Å². The third kappa shape index (κ3) is 5.00. The van der Waals surface area contributed by atoms with Crippen LogP contribution in [-0.2, 0) is 14.3 Å². The fourth-order valence-corrected chi connectivity index (χ4v) is 12.3. The number of hydrogen-bond donors (Lipinski definition) is 2. The standard InChI is InChI=1S/C38H61BrN4O4/c1-22(2)24(5)33(6)15-16-35(8)25-11-12-28-34(7)18-46-20-38(28,26(25)13-14-36(35,9)29(33)31(44)45)17-27(43-21-41-32(39)42-43)30(34)47-19-37(10,40)23(3)4/h13,21-25,27-30H,11-12,14-20,40H2,1-10H3,(H,44,45)/t24-,25+,27-,28+,29-,30+,33-,34-,35-,36+,37+,38+/m1/s1. The molecule has 4 aliphatic carbocycles. The van der Waals surface area contributed by atoms with Gasteiger partial charge in [0, 0.05) is 16.4 Å². The fourth-order valence-electron chi connectivity index (χ4n) is 12.0. The Morgan fingerprint density at radius 2 is 1.85 bits per heavy atom. The first-order valence-corrected chi connectivity index (χ1v) is 19.1. The maximum Gasteiger partial charge on any atom is 0.307 e. The van der Waals surface area contributed by atoms with Crippen LogP contribution in [0.25, 0.3) is 0 Å². The highest BCUT2D eigenvalue weighted by Gasteiger charge is 2.72. The Morgan fingerprint density at radius 3 is 2.45 bits per heavy atom. The molecule has 0 unspecified atom stereocenters. The minimum Gasteiger partial charge on any atom is -0.481 e. The molecule has 1 aliphatic heterocycles. The number of nitrogens with two attached hydrogens (primary N) is 1. The first-order valence-electron chi connectivity index (χ1n) is 18.3. The summed E-state index contributed by atoms with van der Waals surface area (Å²) in [5.41, 5.74) is 6.71. The monoisotopic (exact) mass is 716 g/mol. The topological polar surface area (TPSA) is 112 Å². The lowest BCUT2D eigenvalue weighted by molar-refractivity contribution is -0.252. The van der Waals surface area contributed by atoms with Gasteiger partial charge in [-0.3, -0.25) is 4.79 Å². The third-order valence-electron chi connectivity index (χ3n) is 15.8. The number of aromatic nitrogens is 3. The first-order chi connectivity index (χ1) is 21.8. The van der Waals surface area contributed by atoms with E-state index in [4.69, 9.17) is 20.3 Å². The number of nitrogens with zero attached hydrogens (tertiary/aromatic N) is 3. The summed E-state index contributed by atoms with van der Waals surface area (Å²) >= 11 is 3.51. The van der Waals surface area contributed by atoms with E-state index in [0.29, 0.717) is 48.2 Å². The summed E-state index contributed by atoms with van der Waals surface area (Å²) in [6.07, 6.45) is 10.0. The van der Waals surface area contributed by atoms with Gasteiger partial charge in [0.15, 0.2) is 0 Å². The van der Waals surface area contributed by atoms with Crippen molar-refractivity contribution in [1.29, 1.82) is 0 Å². The van der Waals surface area contributed by atoms with Gasteiger partial charge in [-0.05, 0) is 107 Å². The fraction of sp³-hybridized carbons (Fsp3) is 0.868. The van der Waals surface area contributed by atoms with Crippen molar-refractivity contribution in [3.63, 3.8) is 0 Å². The summed E-state index contributed by atoms with van der Waals surface area (Å²) in [6.45, 7) is 24.4. The average molecular weight is 718 g/mol. The number of aliphatic carboxylic acids is 1. The largest absolute Gasteiger partial charge is 0.481 e. The Labute approximate surface area is 291 Å². The number of ether oxygens (including phenoxy) is 2. The number of carbonyl (C=O) groups is 1. The van der Waals surface area contributed by atoms with Gasteiger partial charge in [-0.15, -0.1) is 5.10 Å². The second-order valence-electron chi connectivity index (χ2n) is 18.5. The lowest BCUT2D eigenvalue weighted by atomic mass is 9.34. The van der Waals surface area contributed by atoms with E-state index in [1.807, 2.05) is 11.0 Å². The molecule has 0 amide bonds. The quantitative estimate of drug-likeness (QED) is 0.263. The smallest absolute Gasteiger partial charge is 0.307 e. The van der Waals surface area contributed by atoms with Gasteiger partial charge in [0.2, 0.25) is 4.73 Å². The predicted octanol–water partition coefficient (Wildman–Crippen LogP) is 7.93. The van der Waals surface area contributed by atoms with Gasteiger partial charge in [0.05, 0.1) is 37.9 Å². The van der Waals surface area contributed by atoms with E-state index in [0.717, 1.165) is 38.5 Å². The summed E-state index contributed by atoms with van der Waals surface area (Å²) in [7, 11) is 0. The van der Waals surface area contributed by atoms with E-state index in [2.05, 4.69) is 96.2 Å². The van der Waals surface area contributed by atoms with Gasteiger partial charge in [0.25, 0.3) is 0 Å². The van der Waals surface area contributed by atoms with Crippen molar-refractivity contribution in [2.75, 3.05) is 19.8 Å². The predicted molar refractivity (Wildman–Crippen MR) is 188 cm³/mol. The molecule has 2 heterocycles. The summed E-state index contributed by atoms with van der Waals surface area (Å²) in [6, 6.07) is -0.0315. The van der Waals surface area contributed by atoms with Crippen LogP contribution in [0.15, 0.2) is 22.7 Å². The van der Waals surface area contributed by atoms with Gasteiger partial charge >= 0.3 is 5.97 Å². The summed E-state index contributed by atoms with van der Waals surface area (Å²) in [5.74, 6) is 0.712. The van der Waals surface area contributed by atoms with Crippen molar-refractivity contribution in [2.45, 2.75) is 125 Å². The zero-order chi connectivity index (χ0) is 34.5. The molecule has 3 N–H and O–H groups in total. The summed E-state index contributed by atoms with van der Waals surface area (Å²) < 4.78 is 16.3. The second-order valence-corrected chi connectivity index (χ2v) is 19.2. The molecule has 5 aliphatic rings. The molecule has 0 aromatic carbocycles. The normalized spacial score (nSPS) is 45.0. The molecule has 0 radical (unpaired) electrons. The molecule has 3 saturated carbocycles. The van der Waals surface area contributed by atoms with E-state index < -0.39 is 17.4 Å². The summed E-state index contributed by atoms with van der Waals surface area (Å²) in [5, 5.41) is 15.8. The van der Waals surface area contributed by atoms with Crippen molar-refractivity contribution in [3.05, 3.63) is 22.7 Å². The number of fused-ring (bicyclic) bond motifs is 3. The van der Waals surface area contributed by atoms with Gasteiger partial charge in [-0.1, -0.05) is 74.0 Å². The van der Waals surface area contributed by atoms with Crippen molar-refractivity contribution in [3.8, 4) is 0 Å². The minimum atomic E-state index is -0.617. The number of rotatable bonds is 8. The molecular weight excluding hydrogens is 656 g/mol. The van der Waals surface area contributed by atoms with Gasteiger partial charge in [-0.25, -0.2) is 9.67 Å². The molecule has 0 spiro atoms. The Morgan fingerprint density at radius 1 is 1.15 bits per heavy atom. The molecule has 4 fully saturated rings. The molecule has 12 atom stereocenters. The molecule has 264 valence electrons. The maximum atomic E-state index is 13.4. The number of carboxylic acids is 1. The molecular formula is C38H61BrN4O4. The van der Waals surface area contributed by atoms with Crippen LogP contribution in [-0.4, -0.2) is 57.3 Å². The minimum absolute atomic E-state index is 0.0315. The molecule has 1 aromatic heterocycles. The Hall–Kier alpha value is -1.29. The van der Waals surface area contributed by atoms with Crippen LogP contribution in [0, 0.1) is 62.6 Å². The average Bonchev–Trinajstić information content (AvgIpc) is 3.42. The van der Waals surface area contributed by atoms with Crippen LogP contribution in [0.5, 0.6) is 0 Å². The Kier molecular flexibility index (Phi) is 8.79. The second kappa shape index (κ2) is 11.6. The summed E-state index contributed by atoms with van der Waals surface area (Å²) in [4.78, 5) is 17.9. The molecule has 1 saturated heterocycles. The highest BCUT2D eigenvalue weighted by atomic mass is 79.9. The van der Waals surface area contributed by atoms with Gasteiger partial charge < -0.3 is 20.3 Å². The Bertz CT molecular complexity index is 1410. The zero-order valence-electron chi connectivity index (χ0n) is 30.6. The van der Waals surface area contributed by atoms with Crippen LogP contribution >= 0.6 is 15.9 Å². The van der Waals surface area contributed by atoms with Crippen LogP contribution in [0.1, 0.15) is 114 Å². The van der Waals surface area contributed by atoms with E-state index in [1.165, 1.54) is 5.57 Å². The Balaban J connectivity index is 1.44. The number of carboxylic acid groups (broad SMARTS) is 1. The van der Waals surface area contributed by atoms with E-state index in [1.54, 1.807) is 0 Å². The van der Waals surface area contributed by atoms with E-state index in [-0.39, 0.29) is 45.1 Å². The molecule has 6 rings (SSSR count). The molecule has 1 aromatic rings. The molecule has 9 heteroatoms. The van der Waals surface area contributed by atoms with Gasteiger partial charge in [0.1, 0.15) is 6.33 Å². The maximum absolute atomic E-state index is 13.4. The highest BCUT2D eigenvalue weighted by molar-refractivity contribution is 9.10. The van der Waals surface area contributed by atoms with E-state index >= 15 is 0 Å². The zero-order valence-corrected chi connectivity index (χ0v) is 32.2. The van der Waals surface area contributed by atoms with Crippen LogP contribution < -0.4 is 5.73 Å². The number of hydrogen-bond acceptors (Lipinski definition) is 6. The van der Waals surface area contributed by atoms with Crippen molar-refractivity contribution < 1.29 is 19.4 Å². The number of halogens is 1. The lowest BCUT2D eigenvalue weighted by Crippen LogP contribution is -2.69. The van der Waals surface area contributed by atoms with Crippen molar-refractivity contribution in [1.82, 2.24) is 14.8 Å². The highest BCUT2D eigenvalue weighted by Crippen LogP contribution is 2.75. The van der Waals surface area contributed by atoms with Crippen molar-refractivity contribution >= 4 is 21.9 Å². The lowest BCUT2D eigenvalue weighted by Gasteiger charge is -2.71. The third-order valence-corrected chi connectivity index (χ3v) is 16.2. The SMILES string of the molecule is CC(C)[C@@H](C)[C@@]1(C)CC[C@]2(C)[C@H]3CC[C@@H]4[C@@]5(COC[C@@]4(C)[C@@H](OC[C@](C)(N)C(C)C)[C@H](n4cnc(Br)n4)C5)C3=CC[C@@]2(C)[C@@H]1C(=O)O. The van der Waals surface area contributed by atoms with Crippen molar-refractivity contribution in [2.24, 2.45) is 68.3 Å². The number of allylic oxidation sites excluding steroid dienone is 1. The first kappa shape index (κ1) is 35.5.